The number of likely N-dealkylation sites (tertiary alicyclic amines) is 2. The predicted octanol–water partition coefficient (Wildman–Crippen LogP) is 4.00. The molecule has 22 heavy (non-hydrogen) atoms. The average molecular weight is 321 g/mol. The summed E-state index contributed by atoms with van der Waals surface area (Å²) in [5.41, 5.74) is 0. The van der Waals surface area contributed by atoms with Gasteiger partial charge in [0.2, 0.25) is 0 Å². The third-order valence-electron chi connectivity index (χ3n) is 5.08. The zero-order valence-corrected chi connectivity index (χ0v) is 14.5. The van der Waals surface area contributed by atoms with Crippen LogP contribution < -0.4 is 0 Å². The van der Waals surface area contributed by atoms with Crippen molar-refractivity contribution in [3.8, 4) is 0 Å². The molecule has 122 valence electrons. The van der Waals surface area contributed by atoms with E-state index >= 15 is 0 Å². The van der Waals surface area contributed by atoms with Crippen molar-refractivity contribution in [3.05, 3.63) is 21.9 Å². The van der Waals surface area contributed by atoms with E-state index in [0.717, 1.165) is 30.9 Å². The average Bonchev–Trinajstić information content (AvgIpc) is 3.03. The first-order valence-corrected chi connectivity index (χ1v) is 9.68. The molecule has 0 radical (unpaired) electrons. The lowest BCUT2D eigenvalue weighted by molar-refractivity contribution is 0.0676. The van der Waals surface area contributed by atoms with Crippen molar-refractivity contribution >= 4 is 17.2 Å². The van der Waals surface area contributed by atoms with Gasteiger partial charge in [0.1, 0.15) is 0 Å². The SMILES string of the molecule is CCC1CCCN(C(=O)c2ccc(CN3CCCCC3)s2)C1. The van der Waals surface area contributed by atoms with Gasteiger partial charge in [0.15, 0.2) is 0 Å². The van der Waals surface area contributed by atoms with Crippen LogP contribution in [0.4, 0.5) is 0 Å². The Morgan fingerprint density at radius 1 is 1.18 bits per heavy atom. The van der Waals surface area contributed by atoms with Crippen molar-refractivity contribution in [2.75, 3.05) is 26.2 Å². The molecule has 2 aliphatic heterocycles. The third-order valence-corrected chi connectivity index (χ3v) is 6.14. The Morgan fingerprint density at radius 3 is 2.77 bits per heavy atom. The molecule has 1 aromatic rings. The highest BCUT2D eigenvalue weighted by Crippen LogP contribution is 2.25. The standard InChI is InChI=1S/C18H28N2OS/c1-2-15-7-6-12-20(13-15)18(21)17-9-8-16(22-17)14-19-10-4-3-5-11-19/h8-9,15H,2-7,10-14H2,1H3. The van der Waals surface area contributed by atoms with Gasteiger partial charge >= 0.3 is 0 Å². The van der Waals surface area contributed by atoms with Crippen molar-refractivity contribution in [1.29, 1.82) is 0 Å². The lowest BCUT2D eigenvalue weighted by Crippen LogP contribution is -2.39. The van der Waals surface area contributed by atoms with E-state index in [1.807, 2.05) is 6.07 Å². The van der Waals surface area contributed by atoms with Crippen LogP contribution in [-0.4, -0.2) is 41.9 Å². The van der Waals surface area contributed by atoms with E-state index in [9.17, 15) is 4.79 Å². The summed E-state index contributed by atoms with van der Waals surface area (Å²) in [6.07, 6.45) is 7.65. The van der Waals surface area contributed by atoms with Crippen LogP contribution in [0.25, 0.3) is 0 Å². The second kappa shape index (κ2) is 7.60. The maximum Gasteiger partial charge on any atom is 0.263 e. The summed E-state index contributed by atoms with van der Waals surface area (Å²) in [5, 5.41) is 0. The number of amides is 1. The van der Waals surface area contributed by atoms with E-state index in [1.54, 1.807) is 11.3 Å². The molecule has 2 aliphatic rings. The molecule has 1 atom stereocenters. The van der Waals surface area contributed by atoms with Gasteiger partial charge < -0.3 is 4.90 Å². The maximum atomic E-state index is 12.7. The van der Waals surface area contributed by atoms with Gasteiger partial charge in [-0.2, -0.15) is 0 Å². The fourth-order valence-electron chi connectivity index (χ4n) is 3.65. The van der Waals surface area contributed by atoms with Crippen molar-refractivity contribution in [3.63, 3.8) is 0 Å². The van der Waals surface area contributed by atoms with Gasteiger partial charge in [0, 0.05) is 24.5 Å². The van der Waals surface area contributed by atoms with Gasteiger partial charge in [-0.25, -0.2) is 0 Å². The number of hydrogen-bond donors (Lipinski definition) is 0. The van der Waals surface area contributed by atoms with Crippen LogP contribution in [-0.2, 0) is 6.54 Å². The molecular weight excluding hydrogens is 292 g/mol. The van der Waals surface area contributed by atoms with E-state index in [1.165, 1.54) is 50.1 Å². The zero-order valence-electron chi connectivity index (χ0n) is 13.7. The quantitative estimate of drug-likeness (QED) is 0.837. The zero-order chi connectivity index (χ0) is 15.4. The van der Waals surface area contributed by atoms with Crippen molar-refractivity contribution in [2.45, 2.75) is 52.0 Å². The Hall–Kier alpha value is -0.870. The summed E-state index contributed by atoms with van der Waals surface area (Å²) in [6.45, 7) is 7.58. The molecule has 4 heteroatoms. The molecule has 0 N–H and O–H groups in total. The van der Waals surface area contributed by atoms with Crippen LogP contribution in [0.1, 0.15) is 60.0 Å². The van der Waals surface area contributed by atoms with E-state index in [4.69, 9.17) is 0 Å². The van der Waals surface area contributed by atoms with Crippen molar-refractivity contribution in [2.24, 2.45) is 5.92 Å². The summed E-state index contributed by atoms with van der Waals surface area (Å²) in [6, 6.07) is 4.20. The number of hydrogen-bond acceptors (Lipinski definition) is 3. The number of thiophene rings is 1. The minimum Gasteiger partial charge on any atom is -0.338 e. The van der Waals surface area contributed by atoms with Gasteiger partial charge in [0.05, 0.1) is 4.88 Å². The number of nitrogens with zero attached hydrogens (tertiary/aromatic N) is 2. The molecule has 2 saturated heterocycles. The molecule has 0 spiro atoms. The van der Waals surface area contributed by atoms with Gasteiger partial charge in [0.25, 0.3) is 5.91 Å². The fraction of sp³-hybridized carbons (Fsp3) is 0.722. The summed E-state index contributed by atoms with van der Waals surface area (Å²) in [7, 11) is 0. The fourth-order valence-corrected chi connectivity index (χ4v) is 4.67. The molecule has 0 aliphatic carbocycles. The Labute approximate surface area is 138 Å². The molecule has 2 fully saturated rings. The molecular formula is C18H28N2OS. The first-order chi connectivity index (χ1) is 10.8. The topological polar surface area (TPSA) is 23.6 Å². The van der Waals surface area contributed by atoms with Gasteiger partial charge in [-0.15, -0.1) is 11.3 Å². The van der Waals surface area contributed by atoms with E-state index in [-0.39, 0.29) is 5.91 Å². The summed E-state index contributed by atoms with van der Waals surface area (Å²) >= 11 is 1.70. The van der Waals surface area contributed by atoms with Crippen LogP contribution in [0.5, 0.6) is 0 Å². The summed E-state index contributed by atoms with van der Waals surface area (Å²) < 4.78 is 0. The number of carbonyl (C=O) groups is 1. The van der Waals surface area contributed by atoms with Crippen molar-refractivity contribution in [1.82, 2.24) is 9.80 Å². The minimum absolute atomic E-state index is 0.257. The maximum absolute atomic E-state index is 12.7. The lowest BCUT2D eigenvalue weighted by Gasteiger charge is -2.32. The van der Waals surface area contributed by atoms with Gasteiger partial charge in [-0.05, 0) is 56.8 Å². The first kappa shape index (κ1) is 16.0. The monoisotopic (exact) mass is 320 g/mol. The highest BCUT2D eigenvalue weighted by Gasteiger charge is 2.24. The van der Waals surface area contributed by atoms with Gasteiger partial charge in [-0.1, -0.05) is 19.8 Å². The van der Waals surface area contributed by atoms with Crippen LogP contribution in [0.15, 0.2) is 12.1 Å². The van der Waals surface area contributed by atoms with E-state index in [2.05, 4.69) is 22.8 Å². The molecule has 0 bridgehead atoms. The number of piperidine rings is 2. The molecule has 3 rings (SSSR count). The Bertz CT molecular complexity index is 493. The normalized spacial score (nSPS) is 23.7. The van der Waals surface area contributed by atoms with Crippen LogP contribution in [0, 0.1) is 5.92 Å². The molecule has 3 nitrogen and oxygen atoms in total. The molecule has 1 aromatic heterocycles. The molecule has 0 aromatic carbocycles. The highest BCUT2D eigenvalue weighted by atomic mass is 32.1. The number of carbonyl (C=O) groups excluding carboxylic acids is 1. The molecule has 1 amide bonds. The second-order valence-electron chi connectivity index (χ2n) is 6.77. The third kappa shape index (κ3) is 3.90. The molecule has 3 heterocycles. The van der Waals surface area contributed by atoms with Crippen LogP contribution in [0.3, 0.4) is 0 Å². The van der Waals surface area contributed by atoms with Crippen molar-refractivity contribution < 1.29 is 4.79 Å². The molecule has 1 unspecified atom stereocenters. The first-order valence-electron chi connectivity index (χ1n) is 8.86. The Balaban J connectivity index is 1.58. The smallest absolute Gasteiger partial charge is 0.263 e. The largest absolute Gasteiger partial charge is 0.338 e. The lowest BCUT2D eigenvalue weighted by atomic mass is 9.95. The molecule has 0 saturated carbocycles. The highest BCUT2D eigenvalue weighted by molar-refractivity contribution is 7.14. The van der Waals surface area contributed by atoms with E-state index < -0.39 is 0 Å². The Morgan fingerprint density at radius 2 is 2.00 bits per heavy atom. The predicted molar refractivity (Wildman–Crippen MR) is 92.4 cm³/mol. The van der Waals surface area contributed by atoms with E-state index in [0.29, 0.717) is 5.92 Å². The summed E-state index contributed by atoms with van der Waals surface area (Å²) in [4.78, 5) is 19.6. The number of rotatable bonds is 4. The second-order valence-corrected chi connectivity index (χ2v) is 7.94. The summed E-state index contributed by atoms with van der Waals surface area (Å²) in [5.74, 6) is 0.957. The minimum atomic E-state index is 0.257. The van der Waals surface area contributed by atoms with Crippen LogP contribution in [0.2, 0.25) is 0 Å². The Kier molecular flexibility index (Phi) is 5.53. The van der Waals surface area contributed by atoms with Gasteiger partial charge in [-0.3, -0.25) is 9.69 Å². The van der Waals surface area contributed by atoms with Crippen LogP contribution >= 0.6 is 11.3 Å².